The van der Waals surface area contributed by atoms with E-state index >= 15 is 0 Å². The van der Waals surface area contributed by atoms with Crippen molar-refractivity contribution in [3.8, 4) is 5.75 Å². The molecule has 0 aromatic carbocycles. The van der Waals surface area contributed by atoms with Gasteiger partial charge in [-0.05, 0) is 24.3 Å². The van der Waals surface area contributed by atoms with E-state index in [9.17, 15) is 0 Å². The number of nitrogens with zero attached hydrogens (tertiary/aromatic N) is 1. The summed E-state index contributed by atoms with van der Waals surface area (Å²) in [5.41, 5.74) is 0.861. The van der Waals surface area contributed by atoms with Gasteiger partial charge in [0.1, 0.15) is 11.5 Å². The molecule has 11 heavy (non-hydrogen) atoms. The van der Waals surface area contributed by atoms with Crippen LogP contribution in [0.4, 0.5) is 0 Å². The van der Waals surface area contributed by atoms with Crippen molar-refractivity contribution < 1.29 is 4.74 Å². The minimum atomic E-state index is 0.658. The number of hydrogen-bond donors (Lipinski definition) is 0. The van der Waals surface area contributed by atoms with E-state index in [0.29, 0.717) is 5.76 Å². The summed E-state index contributed by atoms with van der Waals surface area (Å²) >= 11 is 0. The van der Waals surface area contributed by atoms with Gasteiger partial charge in [-0.1, -0.05) is 6.58 Å². The zero-order valence-electron chi connectivity index (χ0n) is 5.95. The van der Waals surface area contributed by atoms with Gasteiger partial charge in [0.25, 0.3) is 0 Å². The minimum Gasteiger partial charge on any atom is -0.456 e. The van der Waals surface area contributed by atoms with Crippen molar-refractivity contribution in [2.45, 2.75) is 0 Å². The Hall–Kier alpha value is -1.57. The molecule has 2 nitrogen and oxygen atoms in total. The lowest BCUT2D eigenvalue weighted by atomic mass is 10.2. The Morgan fingerprint density at radius 3 is 3.18 bits per heavy atom. The van der Waals surface area contributed by atoms with Crippen LogP contribution < -0.4 is 4.74 Å². The third-order valence-corrected chi connectivity index (χ3v) is 1.47. The molecule has 1 aliphatic rings. The van der Waals surface area contributed by atoms with Gasteiger partial charge in [-0.25, -0.2) is 0 Å². The zero-order chi connectivity index (χ0) is 7.68. The molecule has 0 spiro atoms. The summed E-state index contributed by atoms with van der Waals surface area (Å²) in [5.74, 6) is 1.44. The van der Waals surface area contributed by atoms with Gasteiger partial charge in [0.05, 0.1) is 0 Å². The van der Waals surface area contributed by atoms with Gasteiger partial charge < -0.3 is 4.74 Å². The Morgan fingerprint density at radius 2 is 2.27 bits per heavy atom. The zero-order valence-corrected chi connectivity index (χ0v) is 5.95. The first-order valence-electron chi connectivity index (χ1n) is 3.36. The molecule has 54 valence electrons. The topological polar surface area (TPSA) is 22.1 Å². The first-order valence-corrected chi connectivity index (χ1v) is 3.36. The van der Waals surface area contributed by atoms with E-state index in [2.05, 4.69) is 11.6 Å². The minimum absolute atomic E-state index is 0.658. The van der Waals surface area contributed by atoms with E-state index in [0.717, 1.165) is 11.4 Å². The second kappa shape index (κ2) is 2.23. The summed E-state index contributed by atoms with van der Waals surface area (Å²) in [6.45, 7) is 3.68. The molecule has 2 heteroatoms. The lowest BCUT2D eigenvalue weighted by Crippen LogP contribution is -1.98. The summed E-state index contributed by atoms with van der Waals surface area (Å²) in [6.07, 6.45) is 5.43. The van der Waals surface area contributed by atoms with E-state index in [1.807, 2.05) is 18.2 Å². The van der Waals surface area contributed by atoms with Crippen molar-refractivity contribution >= 4 is 6.08 Å². The summed E-state index contributed by atoms with van der Waals surface area (Å²) < 4.78 is 5.29. The Balaban J connectivity index is 2.54. The summed E-state index contributed by atoms with van der Waals surface area (Å²) in [6, 6.07) is 3.71. The maximum absolute atomic E-state index is 5.29. The molecule has 1 aromatic rings. The van der Waals surface area contributed by atoms with Gasteiger partial charge in [-0.3, -0.25) is 4.98 Å². The Labute approximate surface area is 64.8 Å². The van der Waals surface area contributed by atoms with E-state index in [-0.39, 0.29) is 0 Å². The maximum atomic E-state index is 5.29. The fourth-order valence-corrected chi connectivity index (χ4v) is 0.961. The first kappa shape index (κ1) is 6.16. The molecular weight excluding hydrogens is 138 g/mol. The van der Waals surface area contributed by atoms with E-state index in [4.69, 9.17) is 4.74 Å². The number of rotatable bonds is 0. The molecule has 0 amide bonds. The number of fused-ring (bicyclic) bond motifs is 1. The molecule has 0 fully saturated rings. The highest BCUT2D eigenvalue weighted by Crippen LogP contribution is 2.23. The van der Waals surface area contributed by atoms with Crippen molar-refractivity contribution in [3.63, 3.8) is 0 Å². The quantitative estimate of drug-likeness (QED) is 0.557. The van der Waals surface area contributed by atoms with E-state index in [1.54, 1.807) is 12.3 Å². The second-order valence-corrected chi connectivity index (χ2v) is 2.29. The highest BCUT2D eigenvalue weighted by molar-refractivity contribution is 5.58. The number of aromatic nitrogens is 1. The number of allylic oxidation sites excluding steroid dienone is 1. The number of hydrogen-bond acceptors (Lipinski definition) is 2. The number of ether oxygens (including phenoxy) is 1. The highest BCUT2D eigenvalue weighted by atomic mass is 16.5. The van der Waals surface area contributed by atoms with Gasteiger partial charge in [0.2, 0.25) is 0 Å². The molecule has 0 saturated carbocycles. The standard InChI is InChI=1S/C9H7NO/c1-7-4-5-8-9(11-7)3-2-6-10-8/h2-6H,1H2. The molecule has 0 atom stereocenters. The lowest BCUT2D eigenvalue weighted by molar-refractivity contribution is 0.440. The monoisotopic (exact) mass is 145 g/mol. The average molecular weight is 145 g/mol. The Kier molecular flexibility index (Phi) is 1.25. The summed E-state index contributed by atoms with van der Waals surface area (Å²) in [5, 5.41) is 0. The van der Waals surface area contributed by atoms with Crippen molar-refractivity contribution in [1.82, 2.24) is 4.98 Å². The predicted molar refractivity (Wildman–Crippen MR) is 43.0 cm³/mol. The largest absolute Gasteiger partial charge is 0.456 e. The van der Waals surface area contributed by atoms with Crippen LogP contribution in [0.25, 0.3) is 6.08 Å². The fourth-order valence-electron chi connectivity index (χ4n) is 0.961. The van der Waals surface area contributed by atoms with E-state index in [1.165, 1.54) is 0 Å². The van der Waals surface area contributed by atoms with Gasteiger partial charge in [-0.15, -0.1) is 0 Å². The second-order valence-electron chi connectivity index (χ2n) is 2.29. The van der Waals surface area contributed by atoms with Gasteiger partial charge in [0, 0.05) is 6.20 Å². The van der Waals surface area contributed by atoms with Crippen LogP contribution in [0.3, 0.4) is 0 Å². The molecule has 2 heterocycles. The fraction of sp³-hybridized carbons (Fsp3) is 0. The SMILES string of the molecule is C=C1C=Cc2ncccc2O1. The van der Waals surface area contributed by atoms with Crippen molar-refractivity contribution in [3.05, 3.63) is 42.4 Å². The Bertz CT molecular complexity index is 328. The van der Waals surface area contributed by atoms with Crippen LogP contribution in [0.2, 0.25) is 0 Å². The molecule has 0 N–H and O–H groups in total. The molecule has 1 aromatic heterocycles. The van der Waals surface area contributed by atoms with E-state index < -0.39 is 0 Å². The van der Waals surface area contributed by atoms with Crippen LogP contribution >= 0.6 is 0 Å². The van der Waals surface area contributed by atoms with Crippen LogP contribution in [0.15, 0.2) is 36.7 Å². The van der Waals surface area contributed by atoms with Crippen LogP contribution in [-0.4, -0.2) is 4.98 Å². The first-order chi connectivity index (χ1) is 5.36. The molecule has 0 radical (unpaired) electrons. The van der Waals surface area contributed by atoms with Crippen molar-refractivity contribution in [1.29, 1.82) is 0 Å². The third-order valence-electron chi connectivity index (χ3n) is 1.47. The number of pyridine rings is 1. The smallest absolute Gasteiger partial charge is 0.153 e. The van der Waals surface area contributed by atoms with Gasteiger partial charge in [-0.2, -0.15) is 0 Å². The molecular formula is C9H7NO. The van der Waals surface area contributed by atoms with Crippen LogP contribution in [0.5, 0.6) is 5.75 Å². The molecule has 0 aliphatic carbocycles. The molecule has 0 bridgehead atoms. The normalized spacial score (nSPS) is 14.0. The molecule has 2 rings (SSSR count). The maximum Gasteiger partial charge on any atom is 0.153 e. The average Bonchev–Trinajstić information content (AvgIpc) is 2.04. The van der Waals surface area contributed by atoms with Crippen LogP contribution in [0, 0.1) is 0 Å². The van der Waals surface area contributed by atoms with Gasteiger partial charge in [0.15, 0.2) is 5.75 Å². The molecule has 0 unspecified atom stereocenters. The third kappa shape index (κ3) is 1.03. The summed E-state index contributed by atoms with van der Waals surface area (Å²) in [7, 11) is 0. The van der Waals surface area contributed by atoms with Crippen LogP contribution in [-0.2, 0) is 0 Å². The Morgan fingerprint density at radius 1 is 1.36 bits per heavy atom. The molecule has 1 aliphatic heterocycles. The molecule has 0 saturated heterocycles. The van der Waals surface area contributed by atoms with Crippen molar-refractivity contribution in [2.24, 2.45) is 0 Å². The van der Waals surface area contributed by atoms with Crippen molar-refractivity contribution in [2.75, 3.05) is 0 Å². The summed E-state index contributed by atoms with van der Waals surface area (Å²) in [4.78, 5) is 4.10. The predicted octanol–water partition coefficient (Wildman–Crippen LogP) is 2.00. The van der Waals surface area contributed by atoms with Gasteiger partial charge >= 0.3 is 0 Å². The highest BCUT2D eigenvalue weighted by Gasteiger charge is 2.06. The van der Waals surface area contributed by atoms with Crippen LogP contribution in [0.1, 0.15) is 5.69 Å². The lowest BCUT2D eigenvalue weighted by Gasteiger charge is -2.11.